The first-order chi connectivity index (χ1) is 15.4. The Hall–Kier alpha value is -1.79. The molecule has 1 amide bonds. The van der Waals surface area contributed by atoms with Crippen molar-refractivity contribution in [2.45, 2.75) is 45.1 Å². The zero-order valence-corrected chi connectivity index (χ0v) is 20.3. The standard InChI is InChI=1S/C24H27Cl3N4O/c1-16-22(24(32)29-30-13-5-3-2-4-6-14-30)28-31(21-12-11-19(26)15-20(21)27)23(16)17-7-9-18(25)10-8-17/h7-12,15-16,23H,2-6,13-14H2,1H3,(H,29,32)/t16-,23-/m0/s1. The predicted octanol–water partition coefficient (Wildman–Crippen LogP) is 6.50. The first-order valence-corrected chi connectivity index (χ1v) is 12.2. The molecule has 2 aromatic carbocycles. The van der Waals surface area contributed by atoms with Crippen LogP contribution in [0.3, 0.4) is 0 Å². The second-order valence-electron chi connectivity index (χ2n) is 8.41. The number of benzene rings is 2. The number of nitrogens with one attached hydrogen (secondary N) is 1. The Kier molecular flexibility index (Phi) is 7.62. The molecule has 8 heteroatoms. The minimum Gasteiger partial charge on any atom is -0.284 e. The van der Waals surface area contributed by atoms with Gasteiger partial charge in [-0.2, -0.15) is 5.10 Å². The van der Waals surface area contributed by atoms with Crippen molar-refractivity contribution < 1.29 is 4.79 Å². The number of hydrazone groups is 1. The van der Waals surface area contributed by atoms with Gasteiger partial charge in [0.25, 0.3) is 5.91 Å². The highest BCUT2D eigenvalue weighted by atomic mass is 35.5. The van der Waals surface area contributed by atoms with Crippen LogP contribution in [0.5, 0.6) is 0 Å². The minimum atomic E-state index is -0.195. The molecular weight excluding hydrogens is 467 g/mol. The van der Waals surface area contributed by atoms with Crippen LogP contribution in [-0.4, -0.2) is 29.7 Å². The summed E-state index contributed by atoms with van der Waals surface area (Å²) in [6, 6.07) is 12.7. The summed E-state index contributed by atoms with van der Waals surface area (Å²) in [5.74, 6) is -0.317. The first-order valence-electron chi connectivity index (χ1n) is 11.1. The highest BCUT2D eigenvalue weighted by Crippen LogP contribution is 2.42. The van der Waals surface area contributed by atoms with Gasteiger partial charge in [-0.15, -0.1) is 0 Å². The predicted molar refractivity (Wildman–Crippen MR) is 133 cm³/mol. The van der Waals surface area contributed by atoms with Gasteiger partial charge in [0.15, 0.2) is 0 Å². The zero-order chi connectivity index (χ0) is 22.7. The molecule has 0 aromatic heterocycles. The molecule has 0 unspecified atom stereocenters. The van der Waals surface area contributed by atoms with Gasteiger partial charge in [-0.25, -0.2) is 5.01 Å². The Morgan fingerprint density at radius 2 is 1.56 bits per heavy atom. The van der Waals surface area contributed by atoms with Gasteiger partial charge in [0.2, 0.25) is 0 Å². The normalized spacial score (nSPS) is 22.2. The van der Waals surface area contributed by atoms with E-state index in [0.29, 0.717) is 26.5 Å². The Balaban J connectivity index is 1.64. The Bertz CT molecular complexity index is 987. The van der Waals surface area contributed by atoms with Crippen molar-refractivity contribution in [3.8, 4) is 0 Å². The van der Waals surface area contributed by atoms with Gasteiger partial charge in [0.05, 0.1) is 16.8 Å². The van der Waals surface area contributed by atoms with Crippen LogP contribution in [0.4, 0.5) is 5.69 Å². The Morgan fingerprint density at radius 1 is 0.938 bits per heavy atom. The van der Waals surface area contributed by atoms with E-state index in [1.807, 2.05) is 47.3 Å². The molecule has 4 rings (SSSR count). The van der Waals surface area contributed by atoms with Crippen molar-refractivity contribution in [2.24, 2.45) is 11.0 Å². The number of rotatable bonds is 4. The van der Waals surface area contributed by atoms with E-state index in [-0.39, 0.29) is 17.9 Å². The lowest BCUT2D eigenvalue weighted by Gasteiger charge is -2.28. The van der Waals surface area contributed by atoms with Crippen molar-refractivity contribution in [3.05, 3.63) is 63.1 Å². The van der Waals surface area contributed by atoms with Gasteiger partial charge >= 0.3 is 0 Å². The number of halogens is 3. The first kappa shape index (κ1) is 23.4. The summed E-state index contributed by atoms with van der Waals surface area (Å²) < 4.78 is 0. The summed E-state index contributed by atoms with van der Waals surface area (Å²) in [7, 11) is 0. The lowest BCUT2D eigenvalue weighted by molar-refractivity contribution is -0.119. The van der Waals surface area contributed by atoms with Crippen LogP contribution in [0.15, 0.2) is 47.6 Å². The number of amides is 1. The summed E-state index contributed by atoms with van der Waals surface area (Å²) in [4.78, 5) is 13.3. The van der Waals surface area contributed by atoms with E-state index in [2.05, 4.69) is 5.43 Å². The van der Waals surface area contributed by atoms with E-state index >= 15 is 0 Å². The van der Waals surface area contributed by atoms with Crippen LogP contribution < -0.4 is 10.4 Å². The number of nitrogens with zero attached hydrogens (tertiary/aromatic N) is 3. The summed E-state index contributed by atoms with van der Waals surface area (Å²) in [5.41, 5.74) is 5.29. The number of hydrogen-bond donors (Lipinski definition) is 1. The van der Waals surface area contributed by atoms with Crippen molar-refractivity contribution in [1.82, 2.24) is 10.4 Å². The highest BCUT2D eigenvalue weighted by Gasteiger charge is 2.40. The lowest BCUT2D eigenvalue weighted by atomic mass is 9.91. The summed E-state index contributed by atoms with van der Waals surface area (Å²) in [6.45, 7) is 3.75. The van der Waals surface area contributed by atoms with Crippen molar-refractivity contribution >= 4 is 52.1 Å². The van der Waals surface area contributed by atoms with Crippen molar-refractivity contribution in [3.63, 3.8) is 0 Å². The van der Waals surface area contributed by atoms with Gasteiger partial charge in [-0.05, 0) is 48.7 Å². The van der Waals surface area contributed by atoms with Crippen LogP contribution in [0.2, 0.25) is 15.1 Å². The summed E-state index contributed by atoms with van der Waals surface area (Å²) >= 11 is 18.8. The Labute approximate surface area is 204 Å². The SMILES string of the molecule is C[C@H]1C(C(=O)NN2CCCCCCC2)=NN(c2ccc(Cl)cc2Cl)[C@@H]1c1ccc(Cl)cc1. The second-order valence-corrected chi connectivity index (χ2v) is 9.69. The fourth-order valence-corrected chi connectivity index (χ4v) is 5.02. The molecule has 2 atom stereocenters. The molecule has 1 N–H and O–H groups in total. The van der Waals surface area contributed by atoms with Gasteiger partial charge in [-0.1, -0.05) is 73.1 Å². The van der Waals surface area contributed by atoms with E-state index in [4.69, 9.17) is 39.9 Å². The molecule has 0 spiro atoms. The summed E-state index contributed by atoms with van der Waals surface area (Å²) in [5, 5.41) is 10.3. The van der Waals surface area contributed by atoms with E-state index in [1.54, 1.807) is 12.1 Å². The van der Waals surface area contributed by atoms with Crippen molar-refractivity contribution in [1.29, 1.82) is 0 Å². The molecule has 0 bridgehead atoms. The molecule has 1 fully saturated rings. The number of hydrogen-bond acceptors (Lipinski definition) is 4. The fourth-order valence-electron chi connectivity index (χ4n) is 4.40. The molecular formula is C24H27Cl3N4O. The average molecular weight is 494 g/mol. The van der Waals surface area contributed by atoms with Gasteiger partial charge < -0.3 is 0 Å². The monoisotopic (exact) mass is 492 g/mol. The molecule has 1 saturated heterocycles. The van der Waals surface area contributed by atoms with E-state index in [0.717, 1.165) is 31.5 Å². The third-order valence-electron chi connectivity index (χ3n) is 6.10. The molecule has 170 valence electrons. The van der Waals surface area contributed by atoms with Crippen LogP contribution in [0, 0.1) is 5.92 Å². The van der Waals surface area contributed by atoms with Crippen LogP contribution in [0.1, 0.15) is 50.6 Å². The third-order valence-corrected chi connectivity index (χ3v) is 6.89. The molecule has 2 aromatic rings. The molecule has 2 heterocycles. The second kappa shape index (κ2) is 10.4. The van der Waals surface area contributed by atoms with E-state index in [1.165, 1.54) is 19.3 Å². The Morgan fingerprint density at radius 3 is 2.22 bits per heavy atom. The lowest BCUT2D eigenvalue weighted by Crippen LogP contribution is -2.47. The van der Waals surface area contributed by atoms with Gasteiger partial charge in [-0.3, -0.25) is 15.2 Å². The number of carbonyl (C=O) groups is 1. The largest absolute Gasteiger partial charge is 0.284 e. The van der Waals surface area contributed by atoms with Crippen LogP contribution in [0.25, 0.3) is 0 Å². The van der Waals surface area contributed by atoms with Crippen molar-refractivity contribution in [2.75, 3.05) is 18.1 Å². The molecule has 0 saturated carbocycles. The molecule has 2 aliphatic heterocycles. The third kappa shape index (κ3) is 5.23. The number of hydrazine groups is 1. The van der Waals surface area contributed by atoms with Gasteiger partial charge in [0.1, 0.15) is 5.71 Å². The quantitative estimate of drug-likeness (QED) is 0.529. The minimum absolute atomic E-state index is 0.155. The van der Waals surface area contributed by atoms with Gasteiger partial charge in [0, 0.05) is 29.1 Å². The molecule has 32 heavy (non-hydrogen) atoms. The molecule has 0 radical (unpaired) electrons. The summed E-state index contributed by atoms with van der Waals surface area (Å²) in [6.07, 6.45) is 5.84. The topological polar surface area (TPSA) is 47.9 Å². The average Bonchev–Trinajstić information content (AvgIpc) is 3.07. The van der Waals surface area contributed by atoms with Crippen LogP contribution >= 0.6 is 34.8 Å². The number of anilines is 1. The molecule has 5 nitrogen and oxygen atoms in total. The molecule has 2 aliphatic rings. The maximum Gasteiger partial charge on any atom is 0.282 e. The fraction of sp³-hybridized carbons (Fsp3) is 0.417. The van der Waals surface area contributed by atoms with E-state index in [9.17, 15) is 4.79 Å². The smallest absolute Gasteiger partial charge is 0.282 e. The number of carbonyl (C=O) groups excluding carboxylic acids is 1. The maximum atomic E-state index is 13.3. The molecule has 0 aliphatic carbocycles. The maximum absolute atomic E-state index is 13.3. The van der Waals surface area contributed by atoms with E-state index < -0.39 is 0 Å². The van der Waals surface area contributed by atoms with Crippen LogP contribution in [-0.2, 0) is 4.79 Å². The highest BCUT2D eigenvalue weighted by molar-refractivity contribution is 6.41. The zero-order valence-electron chi connectivity index (χ0n) is 18.0.